The summed E-state index contributed by atoms with van der Waals surface area (Å²) in [5, 5.41) is 0. The number of amides is 2. The molecule has 0 bridgehead atoms. The second-order valence-electron chi connectivity index (χ2n) is 7.51. The van der Waals surface area contributed by atoms with Gasteiger partial charge in [0, 0.05) is 17.6 Å². The third-order valence-electron chi connectivity index (χ3n) is 5.47. The van der Waals surface area contributed by atoms with Crippen molar-refractivity contribution in [1.82, 2.24) is 4.90 Å². The average Bonchev–Trinajstić information content (AvgIpc) is 2.94. The summed E-state index contributed by atoms with van der Waals surface area (Å²) >= 11 is 3.42. The Morgan fingerprint density at radius 2 is 1.54 bits per heavy atom. The molecule has 1 fully saturated rings. The van der Waals surface area contributed by atoms with Gasteiger partial charge in [0.2, 0.25) is 0 Å². The predicted octanol–water partition coefficient (Wildman–Crippen LogP) is 4.84. The molecule has 1 saturated heterocycles. The Morgan fingerprint density at radius 3 is 2.18 bits per heavy atom. The molecule has 0 radical (unpaired) electrons. The molecule has 4 rings (SSSR count). The molecule has 5 heteroatoms. The number of piperidine rings is 1. The number of benzene rings is 2. The first-order chi connectivity index (χ1) is 13.5. The molecule has 4 nitrogen and oxygen atoms in total. The van der Waals surface area contributed by atoms with Crippen LogP contribution in [0.4, 0.5) is 5.69 Å². The molecule has 0 aliphatic carbocycles. The van der Waals surface area contributed by atoms with E-state index in [9.17, 15) is 9.59 Å². The molecule has 144 valence electrons. The number of likely N-dealkylation sites (tertiary alicyclic amines) is 1. The van der Waals surface area contributed by atoms with Crippen molar-refractivity contribution in [2.24, 2.45) is 0 Å². The number of aryl methyl sites for hydroxylation is 2. The highest BCUT2D eigenvalue weighted by atomic mass is 79.9. The lowest BCUT2D eigenvalue weighted by atomic mass is 9.97. The van der Waals surface area contributed by atoms with Gasteiger partial charge in [0.1, 0.15) is 5.70 Å². The third kappa shape index (κ3) is 3.28. The Kier molecular flexibility index (Phi) is 5.11. The molecule has 2 aliphatic heterocycles. The minimum Gasteiger partial charge on any atom is -0.366 e. The average molecular weight is 439 g/mol. The van der Waals surface area contributed by atoms with Crippen LogP contribution in [0.2, 0.25) is 0 Å². The summed E-state index contributed by atoms with van der Waals surface area (Å²) in [6.07, 6.45) is 3.26. The fourth-order valence-electron chi connectivity index (χ4n) is 4.09. The predicted molar refractivity (Wildman–Crippen MR) is 115 cm³/mol. The maximum atomic E-state index is 13.5. The van der Waals surface area contributed by atoms with E-state index in [1.165, 1.54) is 11.3 Å². The van der Waals surface area contributed by atoms with E-state index in [4.69, 9.17) is 0 Å². The van der Waals surface area contributed by atoms with Crippen LogP contribution in [0.25, 0.3) is 5.57 Å². The molecular weight excluding hydrogens is 416 g/mol. The first-order valence-corrected chi connectivity index (χ1v) is 10.5. The van der Waals surface area contributed by atoms with Gasteiger partial charge in [0.25, 0.3) is 11.8 Å². The molecule has 2 aromatic carbocycles. The summed E-state index contributed by atoms with van der Waals surface area (Å²) in [4.78, 5) is 30.4. The van der Waals surface area contributed by atoms with Gasteiger partial charge >= 0.3 is 0 Å². The molecule has 0 N–H and O–H groups in total. The van der Waals surface area contributed by atoms with Crippen LogP contribution in [0.3, 0.4) is 0 Å². The fraction of sp³-hybridized carbons (Fsp3) is 0.304. The van der Waals surface area contributed by atoms with Gasteiger partial charge in [0.05, 0.1) is 11.3 Å². The van der Waals surface area contributed by atoms with E-state index in [0.717, 1.165) is 47.1 Å². The zero-order valence-corrected chi connectivity index (χ0v) is 17.8. The molecule has 2 aliphatic rings. The van der Waals surface area contributed by atoms with Gasteiger partial charge in [0.15, 0.2) is 0 Å². The topological polar surface area (TPSA) is 40.6 Å². The monoisotopic (exact) mass is 438 g/mol. The normalized spacial score (nSPS) is 17.7. The summed E-state index contributed by atoms with van der Waals surface area (Å²) in [5.41, 5.74) is 4.70. The van der Waals surface area contributed by atoms with Crippen molar-refractivity contribution < 1.29 is 9.59 Å². The van der Waals surface area contributed by atoms with Crippen molar-refractivity contribution in [2.45, 2.75) is 33.1 Å². The van der Waals surface area contributed by atoms with E-state index in [1.807, 2.05) is 38.1 Å². The smallest absolute Gasteiger partial charge is 0.282 e. The quantitative estimate of drug-likeness (QED) is 0.643. The van der Waals surface area contributed by atoms with Gasteiger partial charge in [-0.05, 0) is 68.5 Å². The number of nitrogens with zero attached hydrogens (tertiary/aromatic N) is 2. The fourth-order valence-corrected chi connectivity index (χ4v) is 4.35. The lowest BCUT2D eigenvalue weighted by Gasteiger charge is -2.29. The van der Waals surface area contributed by atoms with Crippen molar-refractivity contribution >= 4 is 39.0 Å². The van der Waals surface area contributed by atoms with Crippen molar-refractivity contribution in [3.63, 3.8) is 0 Å². The first-order valence-electron chi connectivity index (χ1n) is 9.68. The zero-order valence-electron chi connectivity index (χ0n) is 16.2. The van der Waals surface area contributed by atoms with Gasteiger partial charge in [-0.2, -0.15) is 0 Å². The van der Waals surface area contributed by atoms with E-state index >= 15 is 0 Å². The van der Waals surface area contributed by atoms with Crippen molar-refractivity contribution in [2.75, 3.05) is 18.0 Å². The highest BCUT2D eigenvalue weighted by molar-refractivity contribution is 9.10. The molecule has 0 atom stereocenters. The molecule has 0 aromatic heterocycles. The summed E-state index contributed by atoms with van der Waals surface area (Å²) < 4.78 is 0.911. The van der Waals surface area contributed by atoms with Crippen molar-refractivity contribution in [3.05, 3.63) is 69.3 Å². The Bertz CT molecular complexity index is 973. The number of anilines is 1. The lowest BCUT2D eigenvalue weighted by Crippen LogP contribution is -2.37. The van der Waals surface area contributed by atoms with Crippen LogP contribution >= 0.6 is 15.9 Å². The van der Waals surface area contributed by atoms with Crippen LogP contribution in [0, 0.1) is 13.8 Å². The Balaban J connectivity index is 1.85. The second-order valence-corrected chi connectivity index (χ2v) is 8.43. The maximum absolute atomic E-state index is 13.5. The largest absolute Gasteiger partial charge is 0.366 e. The van der Waals surface area contributed by atoms with Crippen LogP contribution < -0.4 is 4.90 Å². The number of hydrogen-bond acceptors (Lipinski definition) is 3. The van der Waals surface area contributed by atoms with E-state index in [2.05, 4.69) is 26.9 Å². The van der Waals surface area contributed by atoms with E-state index in [-0.39, 0.29) is 11.8 Å². The summed E-state index contributed by atoms with van der Waals surface area (Å²) in [6, 6.07) is 13.4. The molecule has 0 saturated carbocycles. The molecule has 0 unspecified atom stereocenters. The lowest BCUT2D eigenvalue weighted by molar-refractivity contribution is -0.120. The Morgan fingerprint density at radius 1 is 0.857 bits per heavy atom. The number of hydrogen-bond donors (Lipinski definition) is 0. The van der Waals surface area contributed by atoms with Crippen molar-refractivity contribution in [1.29, 1.82) is 0 Å². The number of rotatable bonds is 3. The van der Waals surface area contributed by atoms with Gasteiger partial charge in [-0.15, -0.1) is 0 Å². The molecular formula is C23H23BrN2O2. The molecule has 2 heterocycles. The highest BCUT2D eigenvalue weighted by Gasteiger charge is 2.43. The van der Waals surface area contributed by atoms with Gasteiger partial charge in [-0.3, -0.25) is 9.59 Å². The molecule has 2 aromatic rings. The minimum absolute atomic E-state index is 0.218. The van der Waals surface area contributed by atoms with Crippen LogP contribution in [0.5, 0.6) is 0 Å². The Labute approximate surface area is 174 Å². The zero-order chi connectivity index (χ0) is 19.8. The van der Waals surface area contributed by atoms with Crippen LogP contribution in [0.15, 0.2) is 52.6 Å². The van der Waals surface area contributed by atoms with Crippen LogP contribution in [-0.4, -0.2) is 29.8 Å². The molecule has 2 amide bonds. The molecule has 0 spiro atoms. The Hall–Kier alpha value is -2.40. The van der Waals surface area contributed by atoms with Crippen LogP contribution in [0.1, 0.15) is 36.0 Å². The minimum atomic E-state index is -0.236. The number of imide groups is 1. The van der Waals surface area contributed by atoms with E-state index in [0.29, 0.717) is 17.0 Å². The summed E-state index contributed by atoms with van der Waals surface area (Å²) in [5.74, 6) is -0.455. The van der Waals surface area contributed by atoms with E-state index < -0.39 is 0 Å². The van der Waals surface area contributed by atoms with Crippen molar-refractivity contribution in [3.8, 4) is 0 Å². The maximum Gasteiger partial charge on any atom is 0.282 e. The summed E-state index contributed by atoms with van der Waals surface area (Å²) in [7, 11) is 0. The van der Waals surface area contributed by atoms with Gasteiger partial charge in [-0.1, -0.05) is 39.7 Å². The number of carbonyl (C=O) groups excluding carboxylic acids is 2. The first kappa shape index (κ1) is 18.9. The van der Waals surface area contributed by atoms with Gasteiger partial charge < -0.3 is 4.90 Å². The number of carbonyl (C=O) groups is 2. The highest BCUT2D eigenvalue weighted by Crippen LogP contribution is 2.37. The standard InChI is InChI=1S/C23H23BrN2O2/c1-15-6-11-19(16(2)14-15)20-21(25-12-4-3-5-13-25)23(28)26(22(20)27)18-9-7-17(24)8-10-18/h6-11,14H,3-5,12-13H2,1-2H3. The number of halogens is 1. The summed E-state index contributed by atoms with van der Waals surface area (Å²) in [6.45, 7) is 5.67. The SMILES string of the molecule is Cc1ccc(C2=C(N3CCCCC3)C(=O)N(c3ccc(Br)cc3)C2=O)c(C)c1. The third-order valence-corrected chi connectivity index (χ3v) is 6.00. The van der Waals surface area contributed by atoms with Crippen LogP contribution in [-0.2, 0) is 9.59 Å². The molecule has 28 heavy (non-hydrogen) atoms. The second kappa shape index (κ2) is 7.55. The van der Waals surface area contributed by atoms with E-state index in [1.54, 1.807) is 12.1 Å². The van der Waals surface area contributed by atoms with Gasteiger partial charge in [-0.25, -0.2) is 4.90 Å².